The summed E-state index contributed by atoms with van der Waals surface area (Å²) >= 11 is 0. The fourth-order valence-corrected chi connectivity index (χ4v) is 5.49. The molecule has 2 saturated carbocycles. The lowest BCUT2D eigenvalue weighted by Crippen LogP contribution is -2.39. The molecule has 0 heterocycles. The molecule has 0 aromatic heterocycles. The number of methoxy groups -OCH3 is 2. The van der Waals surface area contributed by atoms with Crippen molar-refractivity contribution >= 4 is 0 Å². The fraction of sp³-hybridized carbons (Fsp3) is 0.917. The summed E-state index contributed by atoms with van der Waals surface area (Å²) in [5.41, 5.74) is 0.417. The second kappa shape index (κ2) is 11.6. The van der Waals surface area contributed by atoms with Gasteiger partial charge in [0.1, 0.15) is 0 Å². The van der Waals surface area contributed by atoms with Crippen molar-refractivity contribution in [1.82, 2.24) is 0 Å². The number of aliphatic hydroxyl groups excluding tert-OH is 1. The van der Waals surface area contributed by atoms with Crippen LogP contribution in [0.15, 0.2) is 12.2 Å². The maximum atomic E-state index is 10.6. The summed E-state index contributed by atoms with van der Waals surface area (Å²) in [5, 5.41) is 10.6. The lowest BCUT2D eigenvalue weighted by Gasteiger charge is -2.44. The first kappa shape index (κ1) is 22.9. The smallest absolute Gasteiger partial charge is 0.0624 e. The van der Waals surface area contributed by atoms with Crippen LogP contribution in [0.1, 0.15) is 84.5 Å². The number of hydrogen-bond acceptors (Lipinski definition) is 3. The Labute approximate surface area is 167 Å². The molecule has 5 atom stereocenters. The van der Waals surface area contributed by atoms with Crippen LogP contribution >= 0.6 is 0 Å². The minimum atomic E-state index is -0.120. The summed E-state index contributed by atoms with van der Waals surface area (Å²) in [5.74, 6) is 1.74. The maximum Gasteiger partial charge on any atom is 0.0624 e. The average molecular weight is 381 g/mol. The number of aliphatic hydroxyl groups is 1. The number of rotatable bonds is 13. The van der Waals surface area contributed by atoms with Gasteiger partial charge in [-0.25, -0.2) is 0 Å². The highest BCUT2D eigenvalue weighted by Gasteiger charge is 2.41. The van der Waals surface area contributed by atoms with Crippen molar-refractivity contribution < 1.29 is 14.6 Å². The van der Waals surface area contributed by atoms with Crippen molar-refractivity contribution in [3.63, 3.8) is 0 Å². The third-order valence-corrected chi connectivity index (χ3v) is 7.49. The van der Waals surface area contributed by atoms with Crippen LogP contribution in [0.25, 0.3) is 0 Å². The highest BCUT2D eigenvalue weighted by molar-refractivity contribution is 4.95. The van der Waals surface area contributed by atoms with Gasteiger partial charge in [0, 0.05) is 20.8 Å². The van der Waals surface area contributed by atoms with Crippen LogP contribution in [-0.2, 0) is 9.47 Å². The molecule has 2 aliphatic rings. The van der Waals surface area contributed by atoms with E-state index < -0.39 is 0 Å². The van der Waals surface area contributed by atoms with Crippen LogP contribution in [0.5, 0.6) is 0 Å². The molecule has 0 aromatic rings. The standard InChI is InChI=1S/C24H44O3/c1-19-18-22(25)21(12-8-6-5-7-9-17-26-3)20(19)13-10-14-23(27-4)24(2)15-11-16-24/h6,8,19-23,25H,5,7,9-18H2,1-4H3/b8-6-/t19-,20+,21-,22?,23?/m1/s1. The quantitative estimate of drug-likeness (QED) is 0.326. The van der Waals surface area contributed by atoms with Gasteiger partial charge in [-0.3, -0.25) is 0 Å². The molecule has 2 fully saturated rings. The van der Waals surface area contributed by atoms with Gasteiger partial charge in [0.05, 0.1) is 12.2 Å². The van der Waals surface area contributed by atoms with E-state index in [9.17, 15) is 5.11 Å². The second-order valence-corrected chi connectivity index (χ2v) is 9.47. The minimum absolute atomic E-state index is 0.120. The van der Waals surface area contributed by atoms with Crippen LogP contribution in [0.2, 0.25) is 0 Å². The summed E-state index contributed by atoms with van der Waals surface area (Å²) in [4.78, 5) is 0. The Balaban J connectivity index is 1.74. The normalized spacial score (nSPS) is 31.3. The van der Waals surface area contributed by atoms with Gasteiger partial charge in [-0.15, -0.1) is 0 Å². The summed E-state index contributed by atoms with van der Waals surface area (Å²) < 4.78 is 10.9. The summed E-state index contributed by atoms with van der Waals surface area (Å²) in [6, 6.07) is 0. The summed E-state index contributed by atoms with van der Waals surface area (Å²) in [6.07, 6.45) is 18.0. The van der Waals surface area contributed by atoms with Crippen molar-refractivity contribution in [1.29, 1.82) is 0 Å². The van der Waals surface area contributed by atoms with Crippen molar-refractivity contribution in [2.24, 2.45) is 23.2 Å². The highest BCUT2D eigenvalue weighted by atomic mass is 16.5. The van der Waals surface area contributed by atoms with Gasteiger partial charge in [0.2, 0.25) is 0 Å². The van der Waals surface area contributed by atoms with E-state index in [2.05, 4.69) is 26.0 Å². The lowest BCUT2D eigenvalue weighted by atomic mass is 9.65. The Kier molecular flexibility index (Phi) is 9.82. The van der Waals surface area contributed by atoms with E-state index in [0.29, 0.717) is 29.3 Å². The first-order valence-electron chi connectivity index (χ1n) is 11.4. The average Bonchev–Trinajstić information content (AvgIpc) is 2.89. The molecular formula is C24H44O3. The third kappa shape index (κ3) is 6.58. The maximum absolute atomic E-state index is 10.6. The van der Waals surface area contributed by atoms with Gasteiger partial charge in [-0.1, -0.05) is 38.8 Å². The topological polar surface area (TPSA) is 38.7 Å². The van der Waals surface area contributed by atoms with Crippen LogP contribution in [0.4, 0.5) is 0 Å². The van der Waals surface area contributed by atoms with E-state index in [4.69, 9.17) is 9.47 Å². The Morgan fingerprint density at radius 1 is 1.11 bits per heavy atom. The molecule has 1 N–H and O–H groups in total. The molecule has 0 saturated heterocycles. The van der Waals surface area contributed by atoms with Gasteiger partial charge >= 0.3 is 0 Å². The zero-order valence-corrected chi connectivity index (χ0v) is 18.3. The Hall–Kier alpha value is -0.380. The summed E-state index contributed by atoms with van der Waals surface area (Å²) in [7, 11) is 3.65. The van der Waals surface area contributed by atoms with E-state index in [1.54, 1.807) is 7.11 Å². The molecule has 2 rings (SSSR count). The monoisotopic (exact) mass is 380 g/mol. The molecule has 2 unspecified atom stereocenters. The van der Waals surface area contributed by atoms with Crippen molar-refractivity contribution in [2.45, 2.75) is 96.7 Å². The van der Waals surface area contributed by atoms with Crippen molar-refractivity contribution in [3.8, 4) is 0 Å². The molecule has 0 spiro atoms. The molecule has 0 aromatic carbocycles. The Bertz CT molecular complexity index is 429. The van der Waals surface area contributed by atoms with Crippen LogP contribution < -0.4 is 0 Å². The van der Waals surface area contributed by atoms with Gasteiger partial charge in [-0.05, 0) is 81.0 Å². The van der Waals surface area contributed by atoms with Gasteiger partial charge in [0.15, 0.2) is 0 Å². The highest BCUT2D eigenvalue weighted by Crippen LogP contribution is 2.47. The molecule has 158 valence electrons. The van der Waals surface area contributed by atoms with E-state index in [0.717, 1.165) is 32.3 Å². The van der Waals surface area contributed by atoms with Gasteiger partial charge in [0.25, 0.3) is 0 Å². The van der Waals surface area contributed by atoms with Gasteiger partial charge < -0.3 is 14.6 Å². The van der Waals surface area contributed by atoms with Crippen LogP contribution in [-0.4, -0.2) is 38.1 Å². The Morgan fingerprint density at radius 2 is 1.89 bits per heavy atom. The predicted octanol–water partition coefficient (Wildman–Crippen LogP) is 5.76. The molecule has 0 aliphatic heterocycles. The number of ether oxygens (including phenoxy) is 2. The number of allylic oxidation sites excluding steroid dienone is 2. The number of unbranched alkanes of at least 4 members (excludes halogenated alkanes) is 2. The van der Waals surface area contributed by atoms with E-state index >= 15 is 0 Å². The molecule has 0 amide bonds. The first-order valence-corrected chi connectivity index (χ1v) is 11.4. The lowest BCUT2D eigenvalue weighted by molar-refractivity contribution is -0.0549. The zero-order valence-electron chi connectivity index (χ0n) is 18.3. The predicted molar refractivity (Wildman–Crippen MR) is 113 cm³/mol. The zero-order chi connectivity index (χ0) is 19.7. The largest absolute Gasteiger partial charge is 0.393 e. The molecule has 0 bridgehead atoms. The van der Waals surface area contributed by atoms with Crippen LogP contribution in [0, 0.1) is 23.2 Å². The Morgan fingerprint density at radius 3 is 2.52 bits per heavy atom. The SMILES string of the molecule is COCCCC/C=C\C[C@H]1C(O)C[C@@H](C)[C@@H]1CCCC(OC)C1(C)CCC1. The molecule has 0 radical (unpaired) electrons. The molecule has 3 heteroatoms. The van der Waals surface area contributed by atoms with Crippen LogP contribution in [0.3, 0.4) is 0 Å². The second-order valence-electron chi connectivity index (χ2n) is 9.47. The van der Waals surface area contributed by atoms with E-state index in [-0.39, 0.29) is 6.10 Å². The van der Waals surface area contributed by atoms with Crippen molar-refractivity contribution in [2.75, 3.05) is 20.8 Å². The molecular weight excluding hydrogens is 336 g/mol. The van der Waals surface area contributed by atoms with Crippen molar-refractivity contribution in [3.05, 3.63) is 12.2 Å². The first-order chi connectivity index (χ1) is 13.0. The fourth-order valence-electron chi connectivity index (χ4n) is 5.49. The van der Waals surface area contributed by atoms with E-state index in [1.165, 1.54) is 44.9 Å². The summed E-state index contributed by atoms with van der Waals surface area (Å²) in [6.45, 7) is 5.59. The molecule has 3 nitrogen and oxygen atoms in total. The van der Waals surface area contributed by atoms with E-state index in [1.807, 2.05) is 7.11 Å². The number of hydrogen-bond donors (Lipinski definition) is 1. The molecule has 27 heavy (non-hydrogen) atoms. The van der Waals surface area contributed by atoms with Gasteiger partial charge in [-0.2, -0.15) is 0 Å². The molecule has 2 aliphatic carbocycles. The third-order valence-electron chi connectivity index (χ3n) is 7.49. The minimum Gasteiger partial charge on any atom is -0.393 e.